The molecule has 5 nitrogen and oxygen atoms in total. The molecule has 162 valence electrons. The van der Waals surface area contributed by atoms with Gasteiger partial charge in [-0.25, -0.2) is 4.39 Å². The van der Waals surface area contributed by atoms with E-state index in [1.54, 1.807) is 42.5 Å². The minimum absolute atomic E-state index is 0.175. The topological polar surface area (TPSA) is 54.3 Å². The Kier molecular flexibility index (Phi) is 7.60. The highest BCUT2D eigenvalue weighted by molar-refractivity contribution is 5.92. The number of benzene rings is 2. The van der Waals surface area contributed by atoms with Crippen LogP contribution in [0.15, 0.2) is 66.9 Å². The molecule has 2 aromatic carbocycles. The van der Waals surface area contributed by atoms with Crippen molar-refractivity contribution in [3.63, 3.8) is 0 Å². The number of carbonyl (C=O) groups is 2. The normalized spacial score (nSPS) is 13.8. The van der Waals surface area contributed by atoms with E-state index >= 15 is 0 Å². The lowest BCUT2D eigenvalue weighted by molar-refractivity contribution is -0.105. The number of hydrogen-bond acceptors (Lipinski definition) is 2. The van der Waals surface area contributed by atoms with Crippen LogP contribution in [0.4, 0.5) is 10.1 Å². The molecule has 1 N–H and O–H groups in total. The molecule has 1 aliphatic rings. The Morgan fingerprint density at radius 3 is 2.45 bits per heavy atom. The largest absolute Gasteiger partial charge is 0.347 e. The van der Waals surface area contributed by atoms with Crippen molar-refractivity contribution in [1.29, 1.82) is 0 Å². The number of nitrogens with zero attached hydrogens (tertiary/aromatic N) is 2. The highest BCUT2D eigenvalue weighted by atomic mass is 19.1. The third kappa shape index (κ3) is 5.81. The lowest BCUT2D eigenvalue weighted by Crippen LogP contribution is -2.38. The first kappa shape index (κ1) is 22.3. The van der Waals surface area contributed by atoms with E-state index in [0.29, 0.717) is 17.7 Å². The number of aromatic nitrogens is 1. The van der Waals surface area contributed by atoms with Crippen molar-refractivity contribution in [1.82, 2.24) is 9.47 Å². The van der Waals surface area contributed by atoms with Crippen LogP contribution in [-0.2, 0) is 11.8 Å². The van der Waals surface area contributed by atoms with Crippen LogP contribution in [0, 0.1) is 11.7 Å². The highest BCUT2D eigenvalue weighted by Crippen LogP contribution is 2.24. The monoisotopic (exact) mass is 421 g/mol. The number of rotatable bonds is 4. The first-order valence-corrected chi connectivity index (χ1v) is 10.5. The zero-order valence-electron chi connectivity index (χ0n) is 17.9. The van der Waals surface area contributed by atoms with Crippen molar-refractivity contribution in [2.24, 2.45) is 13.0 Å². The summed E-state index contributed by atoms with van der Waals surface area (Å²) in [6, 6.07) is 17.4. The summed E-state index contributed by atoms with van der Waals surface area (Å²) in [6.07, 6.45) is 4.78. The third-order valence-corrected chi connectivity index (χ3v) is 5.51. The van der Waals surface area contributed by atoms with Gasteiger partial charge in [0.15, 0.2) is 0 Å². The molecule has 1 fully saturated rings. The second-order valence-corrected chi connectivity index (χ2v) is 7.80. The van der Waals surface area contributed by atoms with Crippen molar-refractivity contribution >= 4 is 18.0 Å². The Labute approximate surface area is 182 Å². The van der Waals surface area contributed by atoms with Gasteiger partial charge in [0.05, 0.1) is 0 Å². The van der Waals surface area contributed by atoms with Crippen LogP contribution in [0.2, 0.25) is 0 Å². The van der Waals surface area contributed by atoms with E-state index in [9.17, 15) is 14.0 Å². The van der Waals surface area contributed by atoms with Crippen LogP contribution in [0.3, 0.4) is 0 Å². The summed E-state index contributed by atoms with van der Waals surface area (Å²) in [4.78, 5) is 24.4. The van der Waals surface area contributed by atoms with E-state index in [0.717, 1.165) is 43.1 Å². The molecule has 31 heavy (non-hydrogen) atoms. The van der Waals surface area contributed by atoms with Gasteiger partial charge in [0.2, 0.25) is 6.41 Å². The smallest absolute Gasteiger partial charge is 0.270 e. The summed E-state index contributed by atoms with van der Waals surface area (Å²) in [5.41, 5.74) is 2.71. The van der Waals surface area contributed by atoms with Crippen LogP contribution in [0.5, 0.6) is 0 Å². The molecule has 1 aliphatic heterocycles. The van der Waals surface area contributed by atoms with Crippen molar-refractivity contribution in [3.8, 4) is 11.1 Å². The summed E-state index contributed by atoms with van der Waals surface area (Å²) in [7, 11) is 1.92. The summed E-state index contributed by atoms with van der Waals surface area (Å²) < 4.78 is 15.4. The Balaban J connectivity index is 0.000000176. The predicted octanol–water partition coefficient (Wildman–Crippen LogP) is 4.96. The maximum atomic E-state index is 13.5. The minimum atomic E-state index is -0.272. The molecule has 1 saturated heterocycles. The molecular weight excluding hydrogens is 393 g/mol. The second-order valence-electron chi connectivity index (χ2n) is 7.80. The van der Waals surface area contributed by atoms with Gasteiger partial charge in [-0.2, -0.15) is 0 Å². The number of piperidine rings is 1. The molecule has 6 heteroatoms. The van der Waals surface area contributed by atoms with E-state index in [1.165, 1.54) is 6.07 Å². The summed E-state index contributed by atoms with van der Waals surface area (Å²) in [5.74, 6) is 0.669. The van der Waals surface area contributed by atoms with Crippen molar-refractivity contribution in [2.75, 3.05) is 18.4 Å². The van der Waals surface area contributed by atoms with Crippen molar-refractivity contribution < 1.29 is 14.0 Å². The Hall–Kier alpha value is -3.41. The molecule has 0 bridgehead atoms. The van der Waals surface area contributed by atoms with Gasteiger partial charge in [0.1, 0.15) is 11.5 Å². The molecule has 0 atom stereocenters. The van der Waals surface area contributed by atoms with Crippen LogP contribution < -0.4 is 5.32 Å². The van der Waals surface area contributed by atoms with Gasteiger partial charge >= 0.3 is 0 Å². The fraction of sp³-hybridized carbons (Fsp3) is 0.280. The SMILES string of the molecule is CC1CCN(C(=O)c2cccn2C)CC1.O=CNc1cccc(-c2ccccc2F)c1. The number of likely N-dealkylation sites (tertiary alicyclic amines) is 1. The molecule has 0 spiro atoms. The molecule has 4 rings (SSSR count). The molecule has 0 unspecified atom stereocenters. The van der Waals surface area contributed by atoms with Gasteiger partial charge in [0, 0.05) is 37.6 Å². The van der Waals surface area contributed by atoms with Crippen molar-refractivity contribution in [3.05, 3.63) is 78.4 Å². The predicted molar refractivity (Wildman–Crippen MR) is 121 cm³/mol. The van der Waals surface area contributed by atoms with Gasteiger partial charge < -0.3 is 14.8 Å². The van der Waals surface area contributed by atoms with E-state index in [2.05, 4.69) is 12.2 Å². The molecule has 0 radical (unpaired) electrons. The standard InChI is InChI=1S/C13H10FNO.C12H18N2O/c14-13-7-2-1-6-12(13)10-4-3-5-11(8-10)15-9-16;1-10-5-8-14(9-6-10)12(15)11-4-3-7-13(11)2/h1-9H,(H,15,16);3-4,7,10H,5-6,8-9H2,1-2H3. The van der Waals surface area contributed by atoms with Crippen molar-refractivity contribution in [2.45, 2.75) is 19.8 Å². The fourth-order valence-corrected chi connectivity index (χ4v) is 3.60. The number of anilines is 1. The maximum absolute atomic E-state index is 13.5. The number of aryl methyl sites for hydroxylation is 1. The fourth-order valence-electron chi connectivity index (χ4n) is 3.60. The first-order valence-electron chi connectivity index (χ1n) is 10.5. The van der Waals surface area contributed by atoms with E-state index in [4.69, 9.17) is 0 Å². The van der Waals surface area contributed by atoms with Gasteiger partial charge in [-0.1, -0.05) is 37.3 Å². The molecule has 3 aromatic rings. The molecule has 0 saturated carbocycles. The summed E-state index contributed by atoms with van der Waals surface area (Å²) in [6.45, 7) is 4.07. The van der Waals surface area contributed by atoms with Crippen LogP contribution >= 0.6 is 0 Å². The third-order valence-electron chi connectivity index (χ3n) is 5.51. The maximum Gasteiger partial charge on any atom is 0.270 e. The molecule has 2 heterocycles. The zero-order chi connectivity index (χ0) is 22.2. The average Bonchev–Trinajstić information content (AvgIpc) is 3.21. The average molecular weight is 422 g/mol. The lowest BCUT2D eigenvalue weighted by atomic mass is 9.99. The Morgan fingerprint density at radius 1 is 1.06 bits per heavy atom. The number of carbonyl (C=O) groups excluding carboxylic acids is 2. The second kappa shape index (κ2) is 10.6. The van der Waals surface area contributed by atoms with E-state index in [1.807, 2.05) is 34.8 Å². The number of halogens is 1. The zero-order valence-corrected chi connectivity index (χ0v) is 17.9. The molecule has 0 aliphatic carbocycles. The van der Waals surface area contributed by atoms with Crippen LogP contribution in [-0.4, -0.2) is 34.9 Å². The van der Waals surface area contributed by atoms with Gasteiger partial charge in [-0.15, -0.1) is 0 Å². The first-order chi connectivity index (χ1) is 15.0. The van der Waals surface area contributed by atoms with E-state index < -0.39 is 0 Å². The number of nitrogens with one attached hydrogen (secondary N) is 1. The Morgan fingerprint density at radius 2 is 1.81 bits per heavy atom. The van der Waals surface area contributed by atoms with Gasteiger partial charge in [-0.3, -0.25) is 9.59 Å². The summed E-state index contributed by atoms with van der Waals surface area (Å²) in [5, 5.41) is 2.53. The quantitative estimate of drug-likeness (QED) is 0.606. The molecule has 2 amide bonds. The number of amides is 2. The molecule has 1 aromatic heterocycles. The number of hydrogen-bond donors (Lipinski definition) is 1. The van der Waals surface area contributed by atoms with Gasteiger partial charge in [0.25, 0.3) is 5.91 Å². The summed E-state index contributed by atoms with van der Waals surface area (Å²) >= 11 is 0. The van der Waals surface area contributed by atoms with Gasteiger partial charge in [-0.05, 0) is 54.7 Å². The minimum Gasteiger partial charge on any atom is -0.347 e. The molecular formula is C25H28FN3O2. The highest BCUT2D eigenvalue weighted by Gasteiger charge is 2.22. The van der Waals surface area contributed by atoms with E-state index in [-0.39, 0.29) is 11.7 Å². The van der Waals surface area contributed by atoms with Crippen LogP contribution in [0.1, 0.15) is 30.3 Å². The van der Waals surface area contributed by atoms with Crippen LogP contribution in [0.25, 0.3) is 11.1 Å². The Bertz CT molecular complexity index is 1020. The lowest BCUT2D eigenvalue weighted by Gasteiger charge is -2.30.